The molecule has 6 heteroatoms. The minimum Gasteiger partial charge on any atom is -0.378 e. The molecule has 0 fully saturated rings. The summed E-state index contributed by atoms with van der Waals surface area (Å²) in [4.78, 5) is 0. The van der Waals surface area contributed by atoms with Gasteiger partial charge in [0.1, 0.15) is 0 Å². The molecule has 1 aliphatic carbocycles. The monoisotopic (exact) mass is 383 g/mol. The third-order valence-corrected chi connectivity index (χ3v) is 5.84. The van der Waals surface area contributed by atoms with Crippen LogP contribution in [0.5, 0.6) is 0 Å². The molecule has 0 saturated carbocycles. The second kappa shape index (κ2) is 5.96. The molecule has 25 heavy (non-hydrogen) atoms. The van der Waals surface area contributed by atoms with Gasteiger partial charge in [-0.3, -0.25) is 0 Å². The van der Waals surface area contributed by atoms with Crippen molar-refractivity contribution in [1.82, 2.24) is 0 Å². The predicted octanol–water partition coefficient (Wildman–Crippen LogP) is 6.84. The highest BCUT2D eigenvalue weighted by Crippen LogP contribution is 2.52. The fourth-order valence-electron chi connectivity index (χ4n) is 3.84. The molecule has 3 unspecified atom stereocenters. The van der Waals surface area contributed by atoms with E-state index < -0.39 is 11.7 Å². The van der Waals surface area contributed by atoms with Gasteiger partial charge in [0.05, 0.1) is 21.7 Å². The van der Waals surface area contributed by atoms with Crippen LogP contribution in [0.2, 0.25) is 10.0 Å². The van der Waals surface area contributed by atoms with Crippen molar-refractivity contribution in [3.05, 3.63) is 75.3 Å². The van der Waals surface area contributed by atoms with Gasteiger partial charge >= 0.3 is 6.18 Å². The molecule has 0 amide bonds. The van der Waals surface area contributed by atoms with Gasteiger partial charge in [-0.25, -0.2) is 0 Å². The van der Waals surface area contributed by atoms with Crippen LogP contribution in [0.4, 0.5) is 18.9 Å². The number of allylic oxidation sites excluding steroid dienone is 2. The Bertz CT molecular complexity index is 860. The van der Waals surface area contributed by atoms with Crippen molar-refractivity contribution in [2.45, 2.75) is 24.6 Å². The van der Waals surface area contributed by atoms with E-state index in [1.807, 2.05) is 24.3 Å². The van der Waals surface area contributed by atoms with Gasteiger partial charge in [0.15, 0.2) is 0 Å². The third kappa shape index (κ3) is 2.81. The van der Waals surface area contributed by atoms with E-state index in [0.29, 0.717) is 21.3 Å². The van der Waals surface area contributed by atoms with E-state index in [0.717, 1.165) is 18.1 Å². The van der Waals surface area contributed by atoms with Gasteiger partial charge < -0.3 is 5.32 Å². The topological polar surface area (TPSA) is 12.0 Å². The molecule has 0 bridgehead atoms. The van der Waals surface area contributed by atoms with Gasteiger partial charge in [0.25, 0.3) is 0 Å². The maximum absolute atomic E-state index is 13.1. The van der Waals surface area contributed by atoms with E-state index in [1.165, 1.54) is 12.1 Å². The van der Waals surface area contributed by atoms with Crippen molar-refractivity contribution >= 4 is 28.9 Å². The number of anilines is 1. The zero-order valence-corrected chi connectivity index (χ0v) is 14.5. The molecule has 0 aromatic heterocycles. The van der Waals surface area contributed by atoms with Gasteiger partial charge in [-0.2, -0.15) is 13.2 Å². The molecule has 2 aromatic carbocycles. The zero-order valence-electron chi connectivity index (χ0n) is 12.9. The summed E-state index contributed by atoms with van der Waals surface area (Å²) in [5.41, 5.74) is 1.65. The lowest BCUT2D eigenvalue weighted by molar-refractivity contribution is -0.137. The molecule has 2 aliphatic rings. The van der Waals surface area contributed by atoms with Gasteiger partial charge in [0.2, 0.25) is 0 Å². The van der Waals surface area contributed by atoms with Crippen LogP contribution in [-0.2, 0) is 6.18 Å². The first-order valence-corrected chi connectivity index (χ1v) is 8.70. The van der Waals surface area contributed by atoms with E-state index in [-0.39, 0.29) is 17.9 Å². The minimum atomic E-state index is -4.35. The van der Waals surface area contributed by atoms with E-state index in [4.69, 9.17) is 23.2 Å². The summed E-state index contributed by atoms with van der Waals surface area (Å²) in [5.74, 6) is 0.0329. The van der Waals surface area contributed by atoms with E-state index in [9.17, 15) is 13.2 Å². The molecule has 0 saturated heterocycles. The lowest BCUT2D eigenvalue weighted by Gasteiger charge is -2.38. The number of hydrogen-bond acceptors (Lipinski definition) is 1. The Kier molecular flexibility index (Phi) is 4.00. The molecule has 1 N–H and O–H groups in total. The Morgan fingerprint density at radius 3 is 2.60 bits per heavy atom. The number of hydrogen-bond donors (Lipinski definition) is 1. The smallest absolute Gasteiger partial charge is 0.378 e. The average Bonchev–Trinajstić information content (AvgIpc) is 3.05. The van der Waals surface area contributed by atoms with E-state index >= 15 is 0 Å². The molecule has 4 rings (SSSR count). The number of rotatable bonds is 1. The molecule has 0 radical (unpaired) electrons. The third-order valence-electron chi connectivity index (χ3n) is 5.01. The maximum Gasteiger partial charge on any atom is 0.416 e. The lowest BCUT2D eigenvalue weighted by Crippen LogP contribution is -2.29. The summed E-state index contributed by atoms with van der Waals surface area (Å²) in [5, 5.41) is 4.34. The fourth-order valence-corrected chi connectivity index (χ4v) is 4.26. The Labute approximate surface area is 153 Å². The van der Waals surface area contributed by atoms with Crippen LogP contribution >= 0.6 is 23.2 Å². The quantitative estimate of drug-likeness (QED) is 0.531. The first kappa shape index (κ1) is 16.8. The van der Waals surface area contributed by atoms with Crippen molar-refractivity contribution in [3.63, 3.8) is 0 Å². The largest absolute Gasteiger partial charge is 0.416 e. The Hall–Kier alpha value is -1.65. The SMILES string of the molecule is FC(F)(F)c1ccc2c(c1)C1C=CCC1C(c1cccc(Cl)c1Cl)N2. The molecule has 130 valence electrons. The molecule has 1 heterocycles. The summed E-state index contributed by atoms with van der Waals surface area (Å²) in [6, 6.07) is 9.25. The summed E-state index contributed by atoms with van der Waals surface area (Å²) in [6.07, 6.45) is 0.453. The van der Waals surface area contributed by atoms with Crippen molar-refractivity contribution in [2.24, 2.45) is 5.92 Å². The van der Waals surface area contributed by atoms with Crippen molar-refractivity contribution in [1.29, 1.82) is 0 Å². The highest BCUT2D eigenvalue weighted by molar-refractivity contribution is 6.42. The Morgan fingerprint density at radius 2 is 1.84 bits per heavy atom. The molecular formula is C19H14Cl2F3N. The molecule has 3 atom stereocenters. The minimum absolute atomic E-state index is 0.0707. The fraction of sp³-hybridized carbons (Fsp3) is 0.263. The molecular weight excluding hydrogens is 370 g/mol. The average molecular weight is 384 g/mol. The van der Waals surface area contributed by atoms with Crippen LogP contribution in [-0.4, -0.2) is 0 Å². The van der Waals surface area contributed by atoms with Crippen LogP contribution in [0.15, 0.2) is 48.6 Å². The Balaban J connectivity index is 1.80. The van der Waals surface area contributed by atoms with Crippen molar-refractivity contribution in [2.75, 3.05) is 5.32 Å². The number of benzene rings is 2. The lowest BCUT2D eigenvalue weighted by atomic mass is 9.76. The van der Waals surface area contributed by atoms with Gasteiger partial charge in [0, 0.05) is 11.6 Å². The second-order valence-electron chi connectivity index (χ2n) is 6.42. The number of alkyl halides is 3. The first-order valence-electron chi connectivity index (χ1n) is 7.94. The summed E-state index contributed by atoms with van der Waals surface area (Å²) < 4.78 is 39.2. The van der Waals surface area contributed by atoms with E-state index in [2.05, 4.69) is 5.32 Å². The van der Waals surface area contributed by atoms with Crippen molar-refractivity contribution < 1.29 is 13.2 Å². The predicted molar refractivity (Wildman–Crippen MR) is 94.3 cm³/mol. The normalized spacial score (nSPS) is 24.6. The van der Waals surface area contributed by atoms with Gasteiger partial charge in [-0.05, 0) is 47.7 Å². The number of halogens is 5. The zero-order chi connectivity index (χ0) is 17.8. The Morgan fingerprint density at radius 1 is 1.04 bits per heavy atom. The maximum atomic E-state index is 13.1. The molecule has 1 nitrogen and oxygen atoms in total. The van der Waals surface area contributed by atoms with Gasteiger partial charge in [-0.1, -0.05) is 47.5 Å². The molecule has 0 spiro atoms. The number of nitrogens with one attached hydrogen (secondary N) is 1. The standard InChI is InChI=1S/C19H14Cl2F3N/c20-15-6-2-5-13(17(15)21)18-12-4-1-3-11(12)14-9-10(19(22,23)24)7-8-16(14)25-18/h1-3,5-9,11-12,18,25H,4H2. The van der Waals surface area contributed by atoms with Crippen molar-refractivity contribution in [3.8, 4) is 0 Å². The summed E-state index contributed by atoms with van der Waals surface area (Å²) in [6.45, 7) is 0. The van der Waals surface area contributed by atoms with Crippen LogP contribution in [0.1, 0.15) is 35.1 Å². The first-order chi connectivity index (χ1) is 11.9. The molecule has 1 aliphatic heterocycles. The van der Waals surface area contributed by atoms with Crippen LogP contribution in [0.25, 0.3) is 0 Å². The van der Waals surface area contributed by atoms with Crippen LogP contribution in [0.3, 0.4) is 0 Å². The van der Waals surface area contributed by atoms with Crippen LogP contribution < -0.4 is 5.32 Å². The highest BCUT2D eigenvalue weighted by Gasteiger charge is 2.40. The number of fused-ring (bicyclic) bond motifs is 3. The van der Waals surface area contributed by atoms with Gasteiger partial charge in [-0.15, -0.1) is 0 Å². The summed E-state index contributed by atoms with van der Waals surface area (Å²) >= 11 is 12.5. The van der Waals surface area contributed by atoms with Crippen LogP contribution in [0, 0.1) is 5.92 Å². The highest BCUT2D eigenvalue weighted by atomic mass is 35.5. The second-order valence-corrected chi connectivity index (χ2v) is 7.20. The molecule has 2 aromatic rings. The van der Waals surface area contributed by atoms with E-state index in [1.54, 1.807) is 6.07 Å². The summed E-state index contributed by atoms with van der Waals surface area (Å²) in [7, 11) is 0.